The highest BCUT2D eigenvalue weighted by molar-refractivity contribution is 6.30. The molecule has 0 fully saturated rings. The SMILES string of the molecule is CC(O)CNC(=O)CCCOc1ccc(Cl)cc1. The maximum absolute atomic E-state index is 11.3. The number of aliphatic hydroxyl groups is 1. The fraction of sp³-hybridized carbons (Fsp3) is 0.462. The van der Waals surface area contributed by atoms with Gasteiger partial charge in [-0.25, -0.2) is 0 Å². The molecule has 1 atom stereocenters. The van der Waals surface area contributed by atoms with E-state index >= 15 is 0 Å². The van der Waals surface area contributed by atoms with Crippen LogP contribution in [0, 0.1) is 0 Å². The first-order chi connectivity index (χ1) is 8.58. The van der Waals surface area contributed by atoms with Crippen molar-refractivity contribution in [1.29, 1.82) is 0 Å². The number of benzene rings is 1. The van der Waals surface area contributed by atoms with Gasteiger partial charge in [0.2, 0.25) is 5.91 Å². The number of nitrogens with one attached hydrogen (secondary N) is 1. The summed E-state index contributed by atoms with van der Waals surface area (Å²) in [5, 5.41) is 12.3. The number of ether oxygens (including phenoxy) is 1. The number of halogens is 1. The fourth-order valence-corrected chi connectivity index (χ4v) is 1.43. The lowest BCUT2D eigenvalue weighted by Gasteiger charge is -2.08. The smallest absolute Gasteiger partial charge is 0.220 e. The summed E-state index contributed by atoms with van der Waals surface area (Å²) in [6.45, 7) is 2.39. The van der Waals surface area contributed by atoms with Crippen LogP contribution in [0.3, 0.4) is 0 Å². The van der Waals surface area contributed by atoms with E-state index < -0.39 is 6.10 Å². The topological polar surface area (TPSA) is 58.6 Å². The van der Waals surface area contributed by atoms with E-state index in [0.29, 0.717) is 24.5 Å². The van der Waals surface area contributed by atoms with E-state index in [-0.39, 0.29) is 12.5 Å². The van der Waals surface area contributed by atoms with E-state index in [0.717, 1.165) is 5.75 Å². The Hall–Kier alpha value is -1.26. The van der Waals surface area contributed by atoms with Crippen LogP contribution in [0.1, 0.15) is 19.8 Å². The monoisotopic (exact) mass is 271 g/mol. The van der Waals surface area contributed by atoms with Crippen LogP contribution >= 0.6 is 11.6 Å². The molecule has 2 N–H and O–H groups in total. The third kappa shape index (κ3) is 6.47. The molecule has 0 aromatic heterocycles. The molecule has 1 aromatic rings. The van der Waals surface area contributed by atoms with Gasteiger partial charge in [-0.3, -0.25) is 4.79 Å². The van der Waals surface area contributed by atoms with Crippen molar-refractivity contribution in [2.75, 3.05) is 13.2 Å². The number of carbonyl (C=O) groups is 1. The minimum Gasteiger partial charge on any atom is -0.494 e. The van der Waals surface area contributed by atoms with E-state index in [9.17, 15) is 4.79 Å². The summed E-state index contributed by atoms with van der Waals surface area (Å²) < 4.78 is 5.45. The summed E-state index contributed by atoms with van der Waals surface area (Å²) >= 11 is 5.75. The van der Waals surface area contributed by atoms with Gasteiger partial charge in [-0.15, -0.1) is 0 Å². The molecule has 1 rings (SSSR count). The van der Waals surface area contributed by atoms with Gasteiger partial charge in [-0.2, -0.15) is 0 Å². The summed E-state index contributed by atoms with van der Waals surface area (Å²) in [5.74, 6) is 0.666. The Labute approximate surface area is 112 Å². The average molecular weight is 272 g/mol. The Kier molecular flexibility index (Phi) is 6.54. The third-order valence-corrected chi connectivity index (χ3v) is 2.48. The highest BCUT2D eigenvalue weighted by atomic mass is 35.5. The van der Waals surface area contributed by atoms with Crippen LogP contribution in [0.15, 0.2) is 24.3 Å². The number of carbonyl (C=O) groups excluding carboxylic acids is 1. The first-order valence-corrected chi connectivity index (χ1v) is 6.29. The fourth-order valence-electron chi connectivity index (χ4n) is 1.30. The molecule has 5 heteroatoms. The van der Waals surface area contributed by atoms with Crippen molar-refractivity contribution in [2.45, 2.75) is 25.9 Å². The van der Waals surface area contributed by atoms with E-state index in [1.807, 2.05) is 0 Å². The lowest BCUT2D eigenvalue weighted by atomic mass is 10.3. The Balaban J connectivity index is 2.11. The summed E-state index contributed by atoms with van der Waals surface area (Å²) in [6, 6.07) is 7.09. The largest absolute Gasteiger partial charge is 0.494 e. The summed E-state index contributed by atoms with van der Waals surface area (Å²) in [4.78, 5) is 11.3. The van der Waals surface area contributed by atoms with Crippen LogP contribution in [0.4, 0.5) is 0 Å². The zero-order valence-electron chi connectivity index (χ0n) is 10.4. The number of rotatable bonds is 7. The minimum absolute atomic E-state index is 0.0735. The molecule has 100 valence electrons. The first-order valence-electron chi connectivity index (χ1n) is 5.91. The molecule has 0 spiro atoms. The van der Waals surface area contributed by atoms with Gasteiger partial charge >= 0.3 is 0 Å². The Morgan fingerprint density at radius 2 is 2.11 bits per heavy atom. The highest BCUT2D eigenvalue weighted by Gasteiger charge is 2.03. The normalized spacial score (nSPS) is 11.9. The lowest BCUT2D eigenvalue weighted by Crippen LogP contribution is -2.30. The van der Waals surface area contributed by atoms with Crippen LogP contribution in [-0.4, -0.2) is 30.3 Å². The molecule has 1 amide bonds. The predicted octanol–water partition coefficient (Wildman–Crippen LogP) is 2.00. The summed E-state index contributed by atoms with van der Waals surface area (Å²) in [6.07, 6.45) is 0.508. The van der Waals surface area contributed by atoms with Crippen molar-refractivity contribution in [3.05, 3.63) is 29.3 Å². The first kappa shape index (κ1) is 14.8. The highest BCUT2D eigenvalue weighted by Crippen LogP contribution is 2.15. The quantitative estimate of drug-likeness (QED) is 0.746. The van der Waals surface area contributed by atoms with Gasteiger partial charge in [0.25, 0.3) is 0 Å². The van der Waals surface area contributed by atoms with Gasteiger partial charge in [0, 0.05) is 18.0 Å². The molecule has 0 saturated carbocycles. The Bertz CT molecular complexity index is 365. The van der Waals surface area contributed by atoms with Crippen molar-refractivity contribution >= 4 is 17.5 Å². The zero-order valence-corrected chi connectivity index (χ0v) is 11.1. The second kappa shape index (κ2) is 7.95. The average Bonchev–Trinajstić information content (AvgIpc) is 2.34. The van der Waals surface area contributed by atoms with Gasteiger partial charge < -0.3 is 15.2 Å². The van der Waals surface area contributed by atoms with Crippen molar-refractivity contribution in [3.8, 4) is 5.75 Å². The van der Waals surface area contributed by atoms with Crippen LogP contribution < -0.4 is 10.1 Å². The minimum atomic E-state index is -0.515. The molecule has 0 aliphatic heterocycles. The van der Waals surface area contributed by atoms with Crippen LogP contribution in [0.5, 0.6) is 5.75 Å². The maximum atomic E-state index is 11.3. The number of aliphatic hydroxyl groups excluding tert-OH is 1. The van der Waals surface area contributed by atoms with E-state index in [2.05, 4.69) is 5.32 Å². The molecular formula is C13H18ClNO3. The number of hydrogen-bond donors (Lipinski definition) is 2. The number of hydrogen-bond acceptors (Lipinski definition) is 3. The van der Waals surface area contributed by atoms with E-state index in [1.165, 1.54) is 0 Å². The predicted molar refractivity (Wildman–Crippen MR) is 70.9 cm³/mol. The van der Waals surface area contributed by atoms with Crippen molar-refractivity contribution < 1.29 is 14.6 Å². The summed E-state index contributed by atoms with van der Waals surface area (Å²) in [7, 11) is 0. The standard InChI is InChI=1S/C13H18ClNO3/c1-10(16)9-15-13(17)3-2-8-18-12-6-4-11(14)5-7-12/h4-7,10,16H,2-3,8-9H2,1H3,(H,15,17). The van der Waals surface area contributed by atoms with E-state index in [1.54, 1.807) is 31.2 Å². The molecule has 1 aromatic carbocycles. The zero-order chi connectivity index (χ0) is 13.4. The van der Waals surface area contributed by atoms with Crippen molar-refractivity contribution in [2.24, 2.45) is 0 Å². The van der Waals surface area contributed by atoms with E-state index in [4.69, 9.17) is 21.4 Å². The second-order valence-corrected chi connectivity index (χ2v) is 4.50. The third-order valence-electron chi connectivity index (χ3n) is 2.23. The second-order valence-electron chi connectivity index (χ2n) is 4.06. The summed E-state index contributed by atoms with van der Waals surface area (Å²) in [5.41, 5.74) is 0. The van der Waals surface area contributed by atoms with Gasteiger partial charge in [0.05, 0.1) is 12.7 Å². The molecule has 0 aliphatic carbocycles. The van der Waals surface area contributed by atoms with Gasteiger partial charge in [0.1, 0.15) is 5.75 Å². The van der Waals surface area contributed by atoms with Gasteiger partial charge in [-0.1, -0.05) is 11.6 Å². The molecule has 4 nitrogen and oxygen atoms in total. The number of amides is 1. The lowest BCUT2D eigenvalue weighted by molar-refractivity contribution is -0.121. The molecule has 0 radical (unpaired) electrons. The van der Waals surface area contributed by atoms with Crippen LogP contribution in [0.2, 0.25) is 5.02 Å². The van der Waals surface area contributed by atoms with Crippen molar-refractivity contribution in [1.82, 2.24) is 5.32 Å². The molecule has 1 unspecified atom stereocenters. The van der Waals surface area contributed by atoms with Gasteiger partial charge in [-0.05, 0) is 37.6 Å². The maximum Gasteiger partial charge on any atom is 0.220 e. The molecule has 0 bridgehead atoms. The molecule has 0 aliphatic rings. The van der Waals surface area contributed by atoms with Crippen LogP contribution in [0.25, 0.3) is 0 Å². The molecule has 18 heavy (non-hydrogen) atoms. The Morgan fingerprint density at radius 3 is 2.72 bits per heavy atom. The van der Waals surface area contributed by atoms with Crippen molar-refractivity contribution in [3.63, 3.8) is 0 Å². The molecule has 0 heterocycles. The Morgan fingerprint density at radius 1 is 1.44 bits per heavy atom. The van der Waals surface area contributed by atoms with Gasteiger partial charge in [0.15, 0.2) is 0 Å². The van der Waals surface area contributed by atoms with Crippen LogP contribution in [-0.2, 0) is 4.79 Å². The molecular weight excluding hydrogens is 254 g/mol. The molecule has 0 saturated heterocycles.